The van der Waals surface area contributed by atoms with Crippen LogP contribution >= 0.6 is 11.6 Å². The Balaban J connectivity index is 2.88. The molecule has 0 aliphatic rings. The number of amides is 1. The molecule has 0 atom stereocenters. The zero-order valence-corrected chi connectivity index (χ0v) is 11.3. The van der Waals surface area contributed by atoms with Crippen LogP contribution in [0.1, 0.15) is 24.2 Å². The van der Waals surface area contributed by atoms with E-state index in [1.165, 1.54) is 0 Å². The molecule has 1 rings (SSSR count). The molecule has 1 aromatic rings. The lowest BCUT2D eigenvalue weighted by atomic mass is 9.95. The van der Waals surface area contributed by atoms with Crippen LogP contribution in [0.4, 0.5) is 5.69 Å². The summed E-state index contributed by atoms with van der Waals surface area (Å²) >= 11 is 5.74. The van der Waals surface area contributed by atoms with Crippen LogP contribution in [0, 0.1) is 15.5 Å². The van der Waals surface area contributed by atoms with E-state index >= 15 is 0 Å². The van der Waals surface area contributed by atoms with E-state index < -0.39 is 16.2 Å². The van der Waals surface area contributed by atoms with Gasteiger partial charge in [-0.05, 0) is 0 Å². The van der Waals surface area contributed by atoms with Crippen LogP contribution in [0.25, 0.3) is 0 Å². The second-order valence-corrected chi connectivity index (χ2v) is 5.15. The van der Waals surface area contributed by atoms with Crippen LogP contribution in [0.15, 0.2) is 12.3 Å². The smallest absolute Gasteiger partial charge is 0.288 e. The number of hydrogen-bond acceptors (Lipinski definition) is 5. The van der Waals surface area contributed by atoms with Gasteiger partial charge in [0, 0.05) is 24.6 Å². The molecule has 7 nitrogen and oxygen atoms in total. The Hall–Kier alpha value is -1.73. The normalized spacial score (nSPS) is 11.2. The second kappa shape index (κ2) is 5.94. The standard InChI is InChI=1S/C11H14ClN3O4/c1-11(2,6-16)5-14-10(17)8-3-7(15(18)19)4-13-9(8)12/h3-4,16H,5-6H2,1-2H3,(H,14,17). The molecule has 0 unspecified atom stereocenters. The van der Waals surface area contributed by atoms with Crippen molar-refractivity contribution >= 4 is 23.2 Å². The summed E-state index contributed by atoms with van der Waals surface area (Å²) in [4.78, 5) is 25.4. The molecule has 8 heteroatoms. The van der Waals surface area contributed by atoms with E-state index in [4.69, 9.17) is 16.7 Å². The molecule has 0 radical (unpaired) electrons. The van der Waals surface area contributed by atoms with Gasteiger partial charge in [-0.1, -0.05) is 25.4 Å². The minimum Gasteiger partial charge on any atom is -0.396 e. The van der Waals surface area contributed by atoms with Gasteiger partial charge in [0.1, 0.15) is 11.3 Å². The van der Waals surface area contributed by atoms with Crippen LogP contribution in [0.5, 0.6) is 0 Å². The summed E-state index contributed by atoms with van der Waals surface area (Å²) < 4.78 is 0. The van der Waals surface area contributed by atoms with Gasteiger partial charge >= 0.3 is 0 Å². The van der Waals surface area contributed by atoms with Crippen LogP contribution in [-0.2, 0) is 0 Å². The molecule has 19 heavy (non-hydrogen) atoms. The van der Waals surface area contributed by atoms with Crippen LogP contribution < -0.4 is 5.32 Å². The average molecular weight is 288 g/mol. The number of carbonyl (C=O) groups excluding carboxylic acids is 1. The third-order valence-corrected chi connectivity index (χ3v) is 2.74. The maximum Gasteiger partial charge on any atom is 0.288 e. The van der Waals surface area contributed by atoms with Gasteiger partial charge < -0.3 is 10.4 Å². The van der Waals surface area contributed by atoms with Gasteiger partial charge in [-0.2, -0.15) is 0 Å². The molecule has 1 amide bonds. The van der Waals surface area contributed by atoms with Gasteiger partial charge in [-0.15, -0.1) is 0 Å². The van der Waals surface area contributed by atoms with Crippen molar-refractivity contribution in [3.63, 3.8) is 0 Å². The first-order valence-corrected chi connectivity index (χ1v) is 5.83. The Morgan fingerprint density at radius 1 is 1.63 bits per heavy atom. The summed E-state index contributed by atoms with van der Waals surface area (Å²) in [6, 6.07) is 1.07. The quantitative estimate of drug-likeness (QED) is 0.484. The molecule has 0 saturated carbocycles. The first-order chi connectivity index (χ1) is 8.76. The lowest BCUT2D eigenvalue weighted by Crippen LogP contribution is -2.36. The van der Waals surface area contributed by atoms with E-state index in [0.717, 1.165) is 12.3 Å². The maximum atomic E-state index is 11.9. The lowest BCUT2D eigenvalue weighted by Gasteiger charge is -2.21. The van der Waals surface area contributed by atoms with E-state index in [2.05, 4.69) is 10.3 Å². The fourth-order valence-corrected chi connectivity index (χ4v) is 1.36. The lowest BCUT2D eigenvalue weighted by molar-refractivity contribution is -0.385. The third kappa shape index (κ3) is 4.15. The highest BCUT2D eigenvalue weighted by Crippen LogP contribution is 2.19. The van der Waals surface area contributed by atoms with Gasteiger partial charge in [0.05, 0.1) is 10.5 Å². The van der Waals surface area contributed by atoms with Gasteiger partial charge in [-0.3, -0.25) is 14.9 Å². The van der Waals surface area contributed by atoms with Gasteiger partial charge in [0.25, 0.3) is 11.6 Å². The zero-order valence-electron chi connectivity index (χ0n) is 10.5. The molecule has 0 aromatic carbocycles. The predicted molar refractivity (Wildman–Crippen MR) is 69.1 cm³/mol. The van der Waals surface area contributed by atoms with Crippen LogP contribution in [-0.4, -0.2) is 34.1 Å². The summed E-state index contributed by atoms with van der Waals surface area (Å²) in [7, 11) is 0. The molecular weight excluding hydrogens is 274 g/mol. The fourth-order valence-electron chi connectivity index (χ4n) is 1.17. The highest BCUT2D eigenvalue weighted by Gasteiger charge is 2.21. The number of nitro groups is 1. The molecule has 0 saturated heterocycles. The van der Waals surface area contributed by atoms with Crippen molar-refractivity contribution in [1.29, 1.82) is 0 Å². The summed E-state index contributed by atoms with van der Waals surface area (Å²) in [5, 5.41) is 22.1. The minimum absolute atomic E-state index is 0.0652. The number of carbonyl (C=O) groups is 1. The summed E-state index contributed by atoms with van der Waals surface area (Å²) in [6.45, 7) is 3.64. The molecule has 104 valence electrons. The monoisotopic (exact) mass is 287 g/mol. The highest BCUT2D eigenvalue weighted by atomic mass is 35.5. The minimum atomic E-state index is -0.655. The van der Waals surface area contributed by atoms with Crippen molar-refractivity contribution in [1.82, 2.24) is 10.3 Å². The predicted octanol–water partition coefficient (Wildman–Crippen LogP) is 1.39. The maximum absolute atomic E-state index is 11.9. The molecule has 0 aliphatic carbocycles. The summed E-state index contributed by atoms with van der Waals surface area (Å²) in [5.41, 5.74) is -0.864. The number of pyridine rings is 1. The van der Waals surface area contributed by atoms with Crippen molar-refractivity contribution in [2.45, 2.75) is 13.8 Å². The Bertz CT molecular complexity index is 505. The van der Waals surface area contributed by atoms with Crippen molar-refractivity contribution in [3.8, 4) is 0 Å². The number of aromatic nitrogens is 1. The first kappa shape index (κ1) is 15.3. The topological polar surface area (TPSA) is 105 Å². The number of aliphatic hydroxyl groups is 1. The molecule has 1 aromatic heterocycles. The molecule has 1 heterocycles. The Labute approximate surface area is 114 Å². The number of nitrogens with zero attached hydrogens (tertiary/aromatic N) is 2. The van der Waals surface area contributed by atoms with E-state index in [9.17, 15) is 14.9 Å². The van der Waals surface area contributed by atoms with Crippen molar-refractivity contribution in [3.05, 3.63) is 33.1 Å². The van der Waals surface area contributed by atoms with Gasteiger partial charge in [0.2, 0.25) is 0 Å². The molecular formula is C11H14ClN3O4. The molecule has 0 bridgehead atoms. The molecule has 0 aliphatic heterocycles. The average Bonchev–Trinajstić information content (AvgIpc) is 2.36. The number of nitrogens with one attached hydrogen (secondary N) is 1. The fraction of sp³-hybridized carbons (Fsp3) is 0.455. The van der Waals surface area contributed by atoms with Crippen LogP contribution in [0.2, 0.25) is 5.15 Å². The van der Waals surface area contributed by atoms with E-state index in [1.807, 2.05) is 0 Å². The van der Waals surface area contributed by atoms with Crippen molar-refractivity contribution in [2.75, 3.05) is 13.2 Å². The Morgan fingerprint density at radius 2 is 2.26 bits per heavy atom. The van der Waals surface area contributed by atoms with Crippen molar-refractivity contribution < 1.29 is 14.8 Å². The largest absolute Gasteiger partial charge is 0.396 e. The number of rotatable bonds is 5. The number of aliphatic hydroxyl groups excluding tert-OH is 1. The molecule has 0 spiro atoms. The third-order valence-electron chi connectivity index (χ3n) is 2.44. The second-order valence-electron chi connectivity index (χ2n) is 4.79. The first-order valence-electron chi connectivity index (χ1n) is 5.46. The Kier molecular flexibility index (Phi) is 4.79. The van der Waals surface area contributed by atoms with E-state index in [1.54, 1.807) is 13.8 Å². The van der Waals surface area contributed by atoms with Crippen LogP contribution in [0.3, 0.4) is 0 Å². The number of hydrogen-bond donors (Lipinski definition) is 2. The zero-order chi connectivity index (χ0) is 14.6. The van der Waals surface area contributed by atoms with E-state index in [-0.39, 0.29) is 29.6 Å². The summed E-state index contributed by atoms with van der Waals surface area (Å²) in [6.07, 6.45) is 0.983. The van der Waals surface area contributed by atoms with E-state index in [0.29, 0.717) is 0 Å². The highest BCUT2D eigenvalue weighted by molar-refractivity contribution is 6.32. The molecule has 2 N–H and O–H groups in total. The summed E-state index contributed by atoms with van der Waals surface area (Å²) in [5.74, 6) is -0.567. The number of halogens is 1. The Morgan fingerprint density at radius 3 is 2.79 bits per heavy atom. The van der Waals surface area contributed by atoms with Gasteiger partial charge in [-0.25, -0.2) is 4.98 Å². The SMILES string of the molecule is CC(C)(CO)CNC(=O)c1cc([N+](=O)[O-])cnc1Cl. The van der Waals surface area contributed by atoms with Gasteiger partial charge in [0.15, 0.2) is 0 Å². The van der Waals surface area contributed by atoms with Crippen molar-refractivity contribution in [2.24, 2.45) is 5.41 Å². The molecule has 0 fully saturated rings.